The largest absolute Gasteiger partial charge is 0.547 e. The molecule has 2 saturated carbocycles. The Morgan fingerprint density at radius 3 is 1.50 bits per heavy atom. The van der Waals surface area contributed by atoms with Gasteiger partial charge in [0.25, 0.3) is 0 Å². The lowest BCUT2D eigenvalue weighted by atomic mass is 9.68. The van der Waals surface area contributed by atoms with Crippen LogP contribution in [0.2, 0.25) is 0 Å². The molecular weight excluding hydrogens is 773 g/mol. The van der Waals surface area contributed by atoms with E-state index in [1.54, 1.807) is 47.0 Å². The fourth-order valence-corrected chi connectivity index (χ4v) is 12.1. The first-order valence-electron chi connectivity index (χ1n) is 21.1. The average Bonchev–Trinajstić information content (AvgIpc) is 4.09. The topological polar surface area (TPSA) is 105 Å². The molecule has 4 aromatic heterocycles. The first-order valence-corrected chi connectivity index (χ1v) is 22.8. The Bertz CT molecular complexity index is 1780. The Labute approximate surface area is 350 Å². The van der Waals surface area contributed by atoms with Crippen molar-refractivity contribution in [2.24, 2.45) is 0 Å². The van der Waals surface area contributed by atoms with Crippen LogP contribution in [-0.2, 0) is 43.1 Å². The zero-order chi connectivity index (χ0) is 39.9. The summed E-state index contributed by atoms with van der Waals surface area (Å²) < 4.78 is 24.5. The highest BCUT2D eigenvalue weighted by atomic mass is 32.1. The smallest absolute Gasteiger partial charge is 0.496 e. The second-order valence-electron chi connectivity index (χ2n) is 16.8. The minimum absolute atomic E-state index is 0.130. The molecule has 0 aromatic carbocycles. The number of hydroxylamine groups is 4. The fourth-order valence-electron chi connectivity index (χ4n) is 10.4. The second kappa shape index (κ2) is 18.4. The Morgan fingerprint density at radius 2 is 1.10 bits per heavy atom. The maximum Gasteiger partial charge on any atom is 0.547 e. The number of methoxy groups -OCH3 is 2. The molecule has 2 aliphatic heterocycles. The highest BCUT2D eigenvalue weighted by Crippen LogP contribution is 2.51. The molecule has 2 aliphatic carbocycles. The molecule has 312 valence electrons. The minimum Gasteiger partial charge on any atom is -0.496 e. The number of hydrogen-bond acceptors (Lipinski definition) is 13. The highest BCUT2D eigenvalue weighted by molar-refractivity contribution is 7.10. The Balaban J connectivity index is 1.03. The number of rotatable bonds is 16. The zero-order valence-electron chi connectivity index (χ0n) is 34.0. The average molecular weight is 831 g/mol. The van der Waals surface area contributed by atoms with E-state index in [0.717, 1.165) is 96.8 Å². The van der Waals surface area contributed by atoms with E-state index in [-0.39, 0.29) is 22.0 Å². The van der Waals surface area contributed by atoms with Crippen LogP contribution in [-0.4, -0.2) is 78.0 Å². The van der Waals surface area contributed by atoms with Gasteiger partial charge in [-0.15, -0.1) is 32.8 Å². The SMILES string of the molecule is COc1ccsc1CN(CC[C@@]1(c2ccccn2)CCOC2(CCCC2)C1)OC(=O)ON(CC[C@@]1(c2ccccn2)CCOC2(CCCC2)C1)Cc1sccc1OC. The lowest BCUT2D eigenvalue weighted by molar-refractivity contribution is -0.200. The summed E-state index contributed by atoms with van der Waals surface area (Å²) in [7, 11) is 3.34. The van der Waals surface area contributed by atoms with E-state index in [0.29, 0.717) is 39.4 Å². The number of pyridine rings is 2. The van der Waals surface area contributed by atoms with E-state index in [1.165, 1.54) is 25.7 Å². The van der Waals surface area contributed by atoms with Crippen molar-refractivity contribution >= 4 is 28.8 Å². The van der Waals surface area contributed by atoms with Gasteiger partial charge in [0, 0.05) is 60.9 Å². The van der Waals surface area contributed by atoms with Gasteiger partial charge in [0.1, 0.15) is 11.5 Å². The first-order chi connectivity index (χ1) is 28.4. The Hall–Kier alpha value is -3.59. The van der Waals surface area contributed by atoms with E-state index in [9.17, 15) is 4.79 Å². The lowest BCUT2D eigenvalue weighted by Gasteiger charge is -2.47. The Morgan fingerprint density at radius 1 is 0.655 bits per heavy atom. The van der Waals surface area contributed by atoms with Crippen LogP contribution >= 0.6 is 22.7 Å². The molecular formula is C45H58N4O7S2. The van der Waals surface area contributed by atoms with Gasteiger partial charge in [-0.1, -0.05) is 37.8 Å². The normalized spacial score (nSPS) is 23.8. The van der Waals surface area contributed by atoms with Gasteiger partial charge in [-0.2, -0.15) is 4.79 Å². The summed E-state index contributed by atoms with van der Waals surface area (Å²) in [6.07, 6.45) is 17.0. The number of nitrogens with zero attached hydrogens (tertiary/aromatic N) is 4. The Kier molecular flexibility index (Phi) is 13.0. The molecule has 0 amide bonds. The van der Waals surface area contributed by atoms with E-state index in [2.05, 4.69) is 24.3 Å². The van der Waals surface area contributed by atoms with E-state index >= 15 is 0 Å². The molecule has 0 unspecified atom stereocenters. The van der Waals surface area contributed by atoms with Crippen molar-refractivity contribution in [3.8, 4) is 11.5 Å². The third kappa shape index (κ3) is 9.24. The van der Waals surface area contributed by atoms with E-state index in [1.807, 2.05) is 47.4 Å². The number of carbonyl (C=O) groups is 1. The standard InChI is InChI=1S/C45H58N4O7S2/c1-51-35-13-29-57-37(35)31-48(25-19-42(39-11-3-9-23-46-39)21-27-53-44(33-42)15-5-6-16-44)55-41(50)56-49(32-38-36(52-2)14-30-58-38)26-20-43(40-12-4-10-24-47-40)22-28-54-45(34-43)17-7-8-18-45/h3-4,9-14,23-24,29-30H,5-8,15-22,25-28,31-34H2,1-2H3/t42-,43-/m1/s1. The predicted molar refractivity (Wildman–Crippen MR) is 224 cm³/mol. The van der Waals surface area contributed by atoms with Crippen LogP contribution in [0.25, 0.3) is 0 Å². The van der Waals surface area contributed by atoms with Crippen molar-refractivity contribution in [2.75, 3.05) is 40.5 Å². The van der Waals surface area contributed by atoms with Crippen LogP contribution in [0.3, 0.4) is 0 Å². The molecule has 13 heteroatoms. The third-order valence-electron chi connectivity index (χ3n) is 13.3. The molecule has 0 bridgehead atoms. The molecule has 4 fully saturated rings. The monoisotopic (exact) mass is 830 g/mol. The van der Waals surface area contributed by atoms with Gasteiger partial charge in [-0.05, 0) is 111 Å². The van der Waals surface area contributed by atoms with Crippen molar-refractivity contribution in [3.05, 3.63) is 92.8 Å². The van der Waals surface area contributed by atoms with Crippen LogP contribution in [0.15, 0.2) is 71.7 Å². The number of aromatic nitrogens is 2. The minimum atomic E-state index is -0.775. The van der Waals surface area contributed by atoms with Crippen molar-refractivity contribution in [3.63, 3.8) is 0 Å². The van der Waals surface area contributed by atoms with E-state index < -0.39 is 6.16 Å². The molecule has 4 aromatic rings. The molecule has 6 heterocycles. The van der Waals surface area contributed by atoms with Crippen LogP contribution in [0.1, 0.15) is 111 Å². The fraction of sp³-hybridized carbons (Fsp3) is 0.578. The molecule has 4 aliphatic rings. The highest BCUT2D eigenvalue weighted by Gasteiger charge is 2.50. The summed E-state index contributed by atoms with van der Waals surface area (Å²) in [5, 5.41) is 7.50. The molecule has 11 nitrogen and oxygen atoms in total. The van der Waals surface area contributed by atoms with Gasteiger partial charge in [-0.3, -0.25) is 9.97 Å². The van der Waals surface area contributed by atoms with Crippen LogP contribution in [0.5, 0.6) is 11.5 Å². The molecule has 2 atom stereocenters. The zero-order valence-corrected chi connectivity index (χ0v) is 35.7. The summed E-state index contributed by atoms with van der Waals surface area (Å²) in [5.41, 5.74) is 1.44. The number of carbonyl (C=O) groups excluding carboxylic acids is 1. The van der Waals surface area contributed by atoms with Crippen LogP contribution in [0.4, 0.5) is 4.79 Å². The number of ether oxygens (including phenoxy) is 4. The van der Waals surface area contributed by atoms with Gasteiger partial charge < -0.3 is 28.6 Å². The second-order valence-corrected chi connectivity index (χ2v) is 18.8. The lowest BCUT2D eigenvalue weighted by Crippen LogP contribution is -2.48. The number of hydrogen-bond donors (Lipinski definition) is 0. The summed E-state index contributed by atoms with van der Waals surface area (Å²) in [6, 6.07) is 16.3. The van der Waals surface area contributed by atoms with Crippen molar-refractivity contribution in [2.45, 2.75) is 125 Å². The van der Waals surface area contributed by atoms with Gasteiger partial charge in [0.05, 0.1) is 48.3 Å². The molecule has 8 rings (SSSR count). The summed E-state index contributed by atoms with van der Waals surface area (Å²) >= 11 is 3.16. The molecule has 0 radical (unpaired) electrons. The molecule has 2 saturated heterocycles. The van der Waals surface area contributed by atoms with Gasteiger partial charge in [0.2, 0.25) is 0 Å². The summed E-state index contributed by atoms with van der Waals surface area (Å²) in [4.78, 5) is 38.5. The number of thiophene rings is 2. The van der Waals surface area contributed by atoms with Crippen LogP contribution < -0.4 is 9.47 Å². The van der Waals surface area contributed by atoms with Crippen molar-refractivity contribution in [1.29, 1.82) is 0 Å². The van der Waals surface area contributed by atoms with Gasteiger partial charge in [0.15, 0.2) is 0 Å². The van der Waals surface area contributed by atoms with Gasteiger partial charge >= 0.3 is 6.16 Å². The third-order valence-corrected chi connectivity index (χ3v) is 15.1. The van der Waals surface area contributed by atoms with E-state index in [4.69, 9.17) is 38.6 Å². The first kappa shape index (κ1) is 41.2. The molecule has 58 heavy (non-hydrogen) atoms. The summed E-state index contributed by atoms with van der Waals surface area (Å²) in [5.74, 6) is 1.54. The van der Waals surface area contributed by atoms with Crippen LogP contribution in [0, 0.1) is 0 Å². The van der Waals surface area contributed by atoms with Gasteiger partial charge in [-0.25, -0.2) is 0 Å². The maximum absolute atomic E-state index is 14.2. The quantitative estimate of drug-likeness (QED) is 0.101. The maximum atomic E-state index is 14.2. The van der Waals surface area contributed by atoms with Crippen molar-refractivity contribution in [1.82, 2.24) is 20.1 Å². The molecule has 0 N–H and O–H groups in total. The predicted octanol–water partition coefficient (Wildman–Crippen LogP) is 9.81. The van der Waals surface area contributed by atoms with Crippen molar-refractivity contribution < 1.29 is 33.4 Å². The molecule has 2 spiro atoms. The summed E-state index contributed by atoms with van der Waals surface area (Å²) in [6.45, 7) is 3.05.